The Labute approximate surface area is 167 Å². The lowest BCUT2D eigenvalue weighted by Gasteiger charge is -2.09. The summed E-state index contributed by atoms with van der Waals surface area (Å²) >= 11 is 0. The van der Waals surface area contributed by atoms with Gasteiger partial charge in [-0.15, -0.1) is 0 Å². The molecule has 0 fully saturated rings. The Morgan fingerprint density at radius 1 is 0.862 bits per heavy atom. The summed E-state index contributed by atoms with van der Waals surface area (Å²) in [4.78, 5) is 22.7. The van der Waals surface area contributed by atoms with Gasteiger partial charge in [-0.3, -0.25) is 9.55 Å². The second-order valence-corrected chi connectivity index (χ2v) is 6.96. The van der Waals surface area contributed by atoms with Crippen molar-refractivity contribution in [1.82, 2.24) is 33.9 Å². The molecular formula is C22H19N7. The molecule has 0 aliphatic heterocycles. The van der Waals surface area contributed by atoms with Gasteiger partial charge < -0.3 is 4.40 Å². The number of rotatable bonds is 5. The highest BCUT2D eigenvalue weighted by molar-refractivity contribution is 5.42. The standard InChI is InChI=1S/C22H19N7/c1-16-3-2-4-18(25-16)13-20-26-19(14-22(27-20)29-9-6-23-15-29)11-17-5-8-28-10-7-24-21(28)12-17/h2-10,12,14-15H,11,13H2,1H3. The van der Waals surface area contributed by atoms with E-state index in [0.717, 1.165) is 39.9 Å². The lowest BCUT2D eigenvalue weighted by atomic mass is 10.1. The molecule has 5 aromatic heterocycles. The first-order valence-corrected chi connectivity index (χ1v) is 9.42. The van der Waals surface area contributed by atoms with E-state index in [9.17, 15) is 0 Å². The normalized spacial score (nSPS) is 11.2. The van der Waals surface area contributed by atoms with E-state index in [-0.39, 0.29) is 0 Å². The SMILES string of the molecule is Cc1cccc(Cc2nc(Cc3ccn4ccnc4c3)cc(-n3ccnc3)n2)n1. The quantitative estimate of drug-likeness (QED) is 0.467. The van der Waals surface area contributed by atoms with Gasteiger partial charge in [0.2, 0.25) is 0 Å². The zero-order valence-corrected chi connectivity index (χ0v) is 16.0. The zero-order valence-electron chi connectivity index (χ0n) is 16.0. The van der Waals surface area contributed by atoms with E-state index in [1.54, 1.807) is 18.7 Å². The number of aromatic nitrogens is 7. The molecule has 0 spiro atoms. The van der Waals surface area contributed by atoms with Gasteiger partial charge in [0.15, 0.2) is 0 Å². The molecule has 7 heteroatoms. The minimum absolute atomic E-state index is 0.580. The fourth-order valence-electron chi connectivity index (χ4n) is 3.36. The van der Waals surface area contributed by atoms with Crippen molar-refractivity contribution in [2.24, 2.45) is 0 Å². The summed E-state index contributed by atoms with van der Waals surface area (Å²) in [5.41, 5.74) is 4.97. The van der Waals surface area contributed by atoms with Gasteiger partial charge in [0.25, 0.3) is 0 Å². The molecule has 0 bridgehead atoms. The minimum Gasteiger partial charge on any atom is -0.307 e. The Morgan fingerprint density at radius 2 is 1.83 bits per heavy atom. The molecule has 5 rings (SSSR count). The van der Waals surface area contributed by atoms with Crippen molar-refractivity contribution in [3.8, 4) is 5.82 Å². The molecule has 0 unspecified atom stereocenters. The molecule has 0 amide bonds. The highest BCUT2D eigenvalue weighted by Crippen LogP contribution is 2.15. The zero-order chi connectivity index (χ0) is 19.6. The number of aryl methyl sites for hydroxylation is 1. The minimum atomic E-state index is 0.580. The number of nitrogens with zero attached hydrogens (tertiary/aromatic N) is 7. The molecule has 7 nitrogen and oxygen atoms in total. The van der Waals surface area contributed by atoms with Crippen LogP contribution in [0.2, 0.25) is 0 Å². The Kier molecular flexibility index (Phi) is 4.32. The number of imidazole rings is 2. The number of fused-ring (bicyclic) bond motifs is 1. The predicted molar refractivity (Wildman–Crippen MR) is 109 cm³/mol. The van der Waals surface area contributed by atoms with Crippen LogP contribution in [0.4, 0.5) is 0 Å². The third kappa shape index (κ3) is 3.75. The van der Waals surface area contributed by atoms with E-state index in [1.165, 1.54) is 0 Å². The molecule has 0 aliphatic carbocycles. The lowest BCUT2D eigenvalue weighted by molar-refractivity contribution is 0.856. The van der Waals surface area contributed by atoms with Crippen molar-refractivity contribution in [3.05, 3.63) is 102 Å². The van der Waals surface area contributed by atoms with Crippen LogP contribution in [0.1, 0.15) is 28.5 Å². The molecular weight excluding hydrogens is 362 g/mol. The van der Waals surface area contributed by atoms with Crippen molar-refractivity contribution in [1.29, 1.82) is 0 Å². The van der Waals surface area contributed by atoms with Gasteiger partial charge in [-0.25, -0.2) is 19.9 Å². The van der Waals surface area contributed by atoms with Gasteiger partial charge >= 0.3 is 0 Å². The van der Waals surface area contributed by atoms with Gasteiger partial charge in [-0.2, -0.15) is 0 Å². The molecule has 0 atom stereocenters. The molecule has 0 saturated heterocycles. The van der Waals surface area contributed by atoms with Crippen LogP contribution in [0.15, 0.2) is 73.7 Å². The van der Waals surface area contributed by atoms with Crippen LogP contribution < -0.4 is 0 Å². The molecule has 0 aliphatic rings. The summed E-state index contributed by atoms with van der Waals surface area (Å²) in [7, 11) is 0. The maximum atomic E-state index is 4.82. The predicted octanol–water partition coefficient (Wildman–Crippen LogP) is 3.20. The van der Waals surface area contributed by atoms with E-state index in [2.05, 4.69) is 27.1 Å². The highest BCUT2D eigenvalue weighted by atomic mass is 15.1. The molecule has 0 N–H and O–H groups in total. The van der Waals surface area contributed by atoms with E-state index in [4.69, 9.17) is 9.97 Å². The second-order valence-electron chi connectivity index (χ2n) is 6.96. The van der Waals surface area contributed by atoms with Crippen LogP contribution >= 0.6 is 0 Å². The lowest BCUT2D eigenvalue weighted by Crippen LogP contribution is -2.07. The topological polar surface area (TPSA) is 73.8 Å². The first-order chi connectivity index (χ1) is 14.2. The summed E-state index contributed by atoms with van der Waals surface area (Å²) in [5, 5.41) is 0. The van der Waals surface area contributed by atoms with E-state index >= 15 is 0 Å². The first-order valence-electron chi connectivity index (χ1n) is 9.42. The Hall–Kier alpha value is -3.87. The van der Waals surface area contributed by atoms with Gasteiger partial charge in [0.05, 0.1) is 12.1 Å². The van der Waals surface area contributed by atoms with Crippen LogP contribution in [0.25, 0.3) is 11.5 Å². The van der Waals surface area contributed by atoms with Crippen LogP contribution in [0, 0.1) is 6.92 Å². The second kappa shape index (κ2) is 7.27. The monoisotopic (exact) mass is 381 g/mol. The number of pyridine rings is 2. The van der Waals surface area contributed by atoms with Crippen LogP contribution in [-0.2, 0) is 12.8 Å². The maximum Gasteiger partial charge on any atom is 0.141 e. The Bertz CT molecular complexity index is 1270. The van der Waals surface area contributed by atoms with E-state index in [0.29, 0.717) is 12.8 Å². The summed E-state index contributed by atoms with van der Waals surface area (Å²) in [6.07, 6.45) is 12.4. The average molecular weight is 381 g/mol. The summed E-state index contributed by atoms with van der Waals surface area (Å²) in [6, 6.07) is 12.2. The highest BCUT2D eigenvalue weighted by Gasteiger charge is 2.10. The van der Waals surface area contributed by atoms with Crippen LogP contribution in [0.3, 0.4) is 0 Å². The van der Waals surface area contributed by atoms with Crippen molar-refractivity contribution in [2.45, 2.75) is 19.8 Å². The van der Waals surface area contributed by atoms with E-state index < -0.39 is 0 Å². The third-order valence-corrected chi connectivity index (χ3v) is 4.71. The molecule has 0 saturated carbocycles. The van der Waals surface area contributed by atoms with Gasteiger partial charge in [0.1, 0.15) is 23.6 Å². The number of hydrogen-bond acceptors (Lipinski definition) is 5. The maximum absolute atomic E-state index is 4.82. The molecule has 5 aromatic rings. The van der Waals surface area contributed by atoms with Crippen LogP contribution in [0.5, 0.6) is 0 Å². The Morgan fingerprint density at radius 3 is 2.69 bits per heavy atom. The van der Waals surface area contributed by atoms with Gasteiger partial charge in [-0.05, 0) is 36.8 Å². The third-order valence-electron chi connectivity index (χ3n) is 4.71. The fraction of sp³-hybridized carbons (Fsp3) is 0.136. The Balaban J connectivity index is 1.52. The fourth-order valence-corrected chi connectivity index (χ4v) is 3.36. The van der Waals surface area contributed by atoms with Crippen molar-refractivity contribution < 1.29 is 0 Å². The van der Waals surface area contributed by atoms with Crippen molar-refractivity contribution in [3.63, 3.8) is 0 Å². The van der Waals surface area contributed by atoms with E-state index in [1.807, 2.05) is 58.7 Å². The molecule has 0 aromatic carbocycles. The smallest absolute Gasteiger partial charge is 0.141 e. The summed E-state index contributed by atoms with van der Waals surface area (Å²) in [5.74, 6) is 1.54. The van der Waals surface area contributed by atoms with Gasteiger partial charge in [-0.1, -0.05) is 6.07 Å². The molecule has 29 heavy (non-hydrogen) atoms. The number of hydrogen-bond donors (Lipinski definition) is 0. The summed E-state index contributed by atoms with van der Waals surface area (Å²) < 4.78 is 3.89. The van der Waals surface area contributed by atoms with Gasteiger partial charge in [0, 0.05) is 54.9 Å². The largest absolute Gasteiger partial charge is 0.307 e. The average Bonchev–Trinajstić information content (AvgIpc) is 3.39. The van der Waals surface area contributed by atoms with Crippen molar-refractivity contribution in [2.75, 3.05) is 0 Å². The first kappa shape index (κ1) is 17.2. The summed E-state index contributed by atoms with van der Waals surface area (Å²) in [6.45, 7) is 1.99. The van der Waals surface area contributed by atoms with Crippen molar-refractivity contribution >= 4 is 5.65 Å². The molecule has 5 heterocycles. The molecule has 142 valence electrons. The molecule has 0 radical (unpaired) electrons. The van der Waals surface area contributed by atoms with Crippen LogP contribution in [-0.4, -0.2) is 33.9 Å².